The monoisotopic (exact) mass is 274 g/mol. The van der Waals surface area contributed by atoms with E-state index in [4.69, 9.17) is 0 Å². The Hall–Kier alpha value is -1.51. The molecule has 1 aliphatic carbocycles. The molecule has 0 spiro atoms. The molecule has 110 valence electrons. The lowest BCUT2D eigenvalue weighted by Crippen LogP contribution is -2.43. The molecule has 0 radical (unpaired) electrons. The fourth-order valence-electron chi connectivity index (χ4n) is 2.98. The molecule has 1 saturated carbocycles. The SMILES string of the molecule is Cc1ccc(NCC(=O)N[C@@H]2CCCC[C@H]2C)c(C)c1. The number of carbonyl (C=O) groups is 1. The molecule has 0 saturated heterocycles. The van der Waals surface area contributed by atoms with E-state index in [9.17, 15) is 4.79 Å². The molecule has 1 aliphatic rings. The van der Waals surface area contributed by atoms with Gasteiger partial charge in [-0.2, -0.15) is 0 Å². The van der Waals surface area contributed by atoms with E-state index >= 15 is 0 Å². The molecule has 1 amide bonds. The summed E-state index contributed by atoms with van der Waals surface area (Å²) >= 11 is 0. The van der Waals surface area contributed by atoms with Crippen LogP contribution in [0.5, 0.6) is 0 Å². The highest BCUT2D eigenvalue weighted by molar-refractivity contribution is 5.81. The minimum atomic E-state index is 0.101. The number of carbonyl (C=O) groups excluding carboxylic acids is 1. The van der Waals surface area contributed by atoms with Crippen LogP contribution in [0, 0.1) is 19.8 Å². The maximum Gasteiger partial charge on any atom is 0.239 e. The maximum absolute atomic E-state index is 12.0. The Morgan fingerprint density at radius 2 is 2.00 bits per heavy atom. The van der Waals surface area contributed by atoms with Crippen molar-refractivity contribution in [1.82, 2.24) is 5.32 Å². The first-order valence-electron chi connectivity index (χ1n) is 7.67. The van der Waals surface area contributed by atoms with E-state index in [1.165, 1.54) is 30.4 Å². The topological polar surface area (TPSA) is 41.1 Å². The Balaban J connectivity index is 1.82. The van der Waals surface area contributed by atoms with Crippen LogP contribution in [0.15, 0.2) is 18.2 Å². The van der Waals surface area contributed by atoms with Crippen LogP contribution in [0.4, 0.5) is 5.69 Å². The van der Waals surface area contributed by atoms with Crippen molar-refractivity contribution in [1.29, 1.82) is 0 Å². The summed E-state index contributed by atoms with van der Waals surface area (Å²) in [6, 6.07) is 6.60. The van der Waals surface area contributed by atoms with Crippen LogP contribution >= 0.6 is 0 Å². The van der Waals surface area contributed by atoms with Crippen molar-refractivity contribution in [3.8, 4) is 0 Å². The summed E-state index contributed by atoms with van der Waals surface area (Å²) in [5, 5.41) is 6.40. The molecule has 0 aromatic heterocycles. The lowest BCUT2D eigenvalue weighted by molar-refractivity contribution is -0.120. The van der Waals surface area contributed by atoms with Crippen LogP contribution in [-0.2, 0) is 4.79 Å². The minimum absolute atomic E-state index is 0.101. The van der Waals surface area contributed by atoms with Gasteiger partial charge < -0.3 is 10.6 Å². The molecular weight excluding hydrogens is 248 g/mol. The van der Waals surface area contributed by atoms with Crippen molar-refractivity contribution in [2.75, 3.05) is 11.9 Å². The van der Waals surface area contributed by atoms with E-state index in [1.807, 2.05) is 6.07 Å². The summed E-state index contributed by atoms with van der Waals surface area (Å²) in [5.41, 5.74) is 3.47. The van der Waals surface area contributed by atoms with Gasteiger partial charge in [0.05, 0.1) is 6.54 Å². The van der Waals surface area contributed by atoms with Crippen LogP contribution in [-0.4, -0.2) is 18.5 Å². The van der Waals surface area contributed by atoms with Crippen LogP contribution in [0.25, 0.3) is 0 Å². The Kier molecular flexibility index (Phi) is 5.05. The first-order chi connectivity index (χ1) is 9.56. The molecule has 3 nitrogen and oxygen atoms in total. The molecular formula is C17H26N2O. The Bertz CT molecular complexity index is 470. The zero-order chi connectivity index (χ0) is 14.5. The summed E-state index contributed by atoms with van der Waals surface area (Å²) < 4.78 is 0. The van der Waals surface area contributed by atoms with E-state index in [0.717, 1.165) is 12.1 Å². The van der Waals surface area contributed by atoms with Gasteiger partial charge in [-0.3, -0.25) is 4.79 Å². The fourth-order valence-corrected chi connectivity index (χ4v) is 2.98. The Labute approximate surface area is 122 Å². The smallest absolute Gasteiger partial charge is 0.239 e. The fraction of sp³-hybridized carbons (Fsp3) is 0.588. The van der Waals surface area contributed by atoms with Crippen LogP contribution < -0.4 is 10.6 Å². The van der Waals surface area contributed by atoms with Crippen molar-refractivity contribution < 1.29 is 4.79 Å². The summed E-state index contributed by atoms with van der Waals surface area (Å²) in [5.74, 6) is 0.706. The predicted octanol–water partition coefficient (Wildman–Crippen LogP) is 3.41. The molecule has 0 heterocycles. The Morgan fingerprint density at radius 1 is 1.25 bits per heavy atom. The van der Waals surface area contributed by atoms with Gasteiger partial charge in [0.1, 0.15) is 0 Å². The van der Waals surface area contributed by atoms with Gasteiger partial charge in [-0.05, 0) is 44.2 Å². The molecule has 0 bridgehead atoms. The average Bonchev–Trinajstić information content (AvgIpc) is 2.40. The van der Waals surface area contributed by atoms with Gasteiger partial charge in [-0.15, -0.1) is 0 Å². The highest BCUT2D eigenvalue weighted by atomic mass is 16.1. The van der Waals surface area contributed by atoms with Gasteiger partial charge in [-0.1, -0.05) is 37.5 Å². The summed E-state index contributed by atoms with van der Waals surface area (Å²) in [7, 11) is 0. The van der Waals surface area contributed by atoms with Gasteiger partial charge in [0.2, 0.25) is 5.91 Å². The number of rotatable bonds is 4. The quantitative estimate of drug-likeness (QED) is 0.883. The zero-order valence-electron chi connectivity index (χ0n) is 12.8. The second-order valence-corrected chi connectivity index (χ2v) is 6.11. The van der Waals surface area contributed by atoms with Crippen molar-refractivity contribution >= 4 is 11.6 Å². The van der Waals surface area contributed by atoms with E-state index in [2.05, 4.69) is 43.5 Å². The van der Waals surface area contributed by atoms with E-state index in [-0.39, 0.29) is 5.91 Å². The van der Waals surface area contributed by atoms with Crippen molar-refractivity contribution in [2.45, 2.75) is 52.5 Å². The second-order valence-electron chi connectivity index (χ2n) is 6.11. The minimum Gasteiger partial charge on any atom is -0.376 e. The lowest BCUT2D eigenvalue weighted by atomic mass is 9.86. The van der Waals surface area contributed by atoms with Gasteiger partial charge in [0.25, 0.3) is 0 Å². The third-order valence-electron chi connectivity index (χ3n) is 4.28. The molecule has 0 unspecified atom stereocenters. The van der Waals surface area contributed by atoms with Gasteiger partial charge in [0.15, 0.2) is 0 Å². The normalized spacial score (nSPS) is 22.4. The third-order valence-corrected chi connectivity index (χ3v) is 4.28. The molecule has 3 heteroatoms. The molecule has 0 aliphatic heterocycles. The van der Waals surface area contributed by atoms with Crippen LogP contribution in [0.2, 0.25) is 0 Å². The molecule has 1 aromatic carbocycles. The van der Waals surface area contributed by atoms with E-state index in [1.54, 1.807) is 0 Å². The summed E-state index contributed by atoms with van der Waals surface area (Å²) in [6.07, 6.45) is 4.89. The van der Waals surface area contributed by atoms with Crippen LogP contribution in [0.1, 0.15) is 43.7 Å². The van der Waals surface area contributed by atoms with Gasteiger partial charge in [0, 0.05) is 11.7 Å². The van der Waals surface area contributed by atoms with Gasteiger partial charge in [-0.25, -0.2) is 0 Å². The number of hydrogen-bond donors (Lipinski definition) is 2. The number of anilines is 1. The third kappa shape index (κ3) is 3.99. The highest BCUT2D eigenvalue weighted by Crippen LogP contribution is 2.23. The van der Waals surface area contributed by atoms with Crippen molar-refractivity contribution in [3.63, 3.8) is 0 Å². The molecule has 1 aromatic rings. The zero-order valence-corrected chi connectivity index (χ0v) is 12.8. The molecule has 2 atom stereocenters. The number of nitrogens with one attached hydrogen (secondary N) is 2. The second kappa shape index (κ2) is 6.78. The standard InChI is InChI=1S/C17H26N2O/c1-12-8-9-15(14(3)10-12)18-11-17(20)19-16-7-5-4-6-13(16)2/h8-10,13,16,18H,4-7,11H2,1-3H3,(H,19,20)/t13-,16-/m1/s1. The van der Waals surface area contributed by atoms with Crippen molar-refractivity contribution in [2.24, 2.45) is 5.92 Å². The maximum atomic E-state index is 12.0. The largest absolute Gasteiger partial charge is 0.376 e. The van der Waals surface area contributed by atoms with E-state index < -0.39 is 0 Å². The lowest BCUT2D eigenvalue weighted by Gasteiger charge is -2.29. The number of benzene rings is 1. The van der Waals surface area contributed by atoms with Gasteiger partial charge >= 0.3 is 0 Å². The summed E-state index contributed by atoms with van der Waals surface area (Å²) in [6.45, 7) is 6.74. The predicted molar refractivity (Wildman–Crippen MR) is 84.0 cm³/mol. The van der Waals surface area contributed by atoms with Crippen molar-refractivity contribution in [3.05, 3.63) is 29.3 Å². The number of amides is 1. The highest BCUT2D eigenvalue weighted by Gasteiger charge is 2.22. The average molecular weight is 274 g/mol. The number of aryl methyl sites for hydroxylation is 2. The molecule has 2 N–H and O–H groups in total. The number of hydrogen-bond acceptors (Lipinski definition) is 2. The first kappa shape index (κ1) is 14.9. The summed E-state index contributed by atoms with van der Waals surface area (Å²) in [4.78, 5) is 12.0. The van der Waals surface area contributed by atoms with E-state index in [0.29, 0.717) is 18.5 Å². The Morgan fingerprint density at radius 3 is 2.70 bits per heavy atom. The molecule has 1 fully saturated rings. The molecule has 20 heavy (non-hydrogen) atoms. The first-order valence-corrected chi connectivity index (χ1v) is 7.67. The van der Waals surface area contributed by atoms with Crippen LogP contribution in [0.3, 0.4) is 0 Å². The molecule has 2 rings (SSSR count).